The molecule has 0 N–H and O–H groups in total. The molecule has 0 unspecified atom stereocenters. The van der Waals surface area contributed by atoms with Crippen LogP contribution in [0, 0.1) is 3.57 Å². The molecule has 0 amide bonds. The number of carbonyl (C=O) groups excluding carboxylic acids is 2. The van der Waals surface area contributed by atoms with E-state index in [1.54, 1.807) is 32.0 Å². The number of ketones is 1. The Morgan fingerprint density at radius 1 is 1.30 bits per heavy atom. The highest BCUT2D eigenvalue weighted by Gasteiger charge is 2.23. The van der Waals surface area contributed by atoms with E-state index in [4.69, 9.17) is 21.1 Å². The molecule has 0 heterocycles. The third-order valence-corrected chi connectivity index (χ3v) is 3.27. The van der Waals surface area contributed by atoms with E-state index in [1.807, 2.05) is 0 Å². The van der Waals surface area contributed by atoms with E-state index in [0.717, 1.165) is 9.83 Å². The van der Waals surface area contributed by atoms with Gasteiger partial charge in [-0.1, -0.05) is 11.6 Å². The highest BCUT2D eigenvalue weighted by molar-refractivity contribution is 14.1. The molecular weight excluding hydrogens is 395 g/mol. The fourth-order valence-corrected chi connectivity index (χ4v) is 2.33. The Morgan fingerprint density at radius 2 is 2.00 bits per heavy atom. The fourth-order valence-electron chi connectivity index (χ4n) is 1.39. The number of hydrogen-bond acceptors (Lipinski definition) is 4. The number of carbonyl (C=O) groups is 2. The summed E-state index contributed by atoms with van der Waals surface area (Å²) in [7, 11) is 0. The van der Waals surface area contributed by atoms with Gasteiger partial charge >= 0.3 is 5.97 Å². The number of esters is 1. The van der Waals surface area contributed by atoms with Crippen LogP contribution in [0.2, 0.25) is 5.02 Å². The number of hydrogen-bond donors (Lipinski definition) is 0. The normalized spacial score (nSPS) is 11.1. The molecule has 0 aliphatic heterocycles. The molecule has 0 saturated heterocycles. The van der Waals surface area contributed by atoms with E-state index >= 15 is 0 Å². The van der Waals surface area contributed by atoms with Crippen LogP contribution in [-0.4, -0.2) is 25.0 Å². The van der Waals surface area contributed by atoms with Gasteiger partial charge in [-0.05, 0) is 54.6 Å². The Hall–Kier alpha value is -1.08. The zero-order valence-corrected chi connectivity index (χ0v) is 14.0. The van der Waals surface area contributed by atoms with Crippen molar-refractivity contribution in [2.75, 3.05) is 13.2 Å². The first kappa shape index (κ1) is 17.0. The Kier molecular flexibility index (Phi) is 7.01. The second kappa shape index (κ2) is 8.26. The van der Waals surface area contributed by atoms with Crippen molar-refractivity contribution in [2.45, 2.75) is 13.8 Å². The number of ether oxygens (including phenoxy) is 2. The molecule has 4 nitrogen and oxygen atoms in total. The molecule has 1 rings (SSSR count). The van der Waals surface area contributed by atoms with Gasteiger partial charge in [0.05, 0.1) is 18.2 Å². The summed E-state index contributed by atoms with van der Waals surface area (Å²) in [6.45, 7) is 3.94. The number of benzene rings is 1. The number of rotatable bonds is 6. The summed E-state index contributed by atoms with van der Waals surface area (Å²) >= 11 is 8.12. The van der Waals surface area contributed by atoms with E-state index in [0.29, 0.717) is 6.61 Å². The number of Topliss-reactive ketones (excluding diaryl/α,β-unsaturated/α-hetero) is 1. The highest BCUT2D eigenvalue weighted by atomic mass is 127. The standard InChI is InChI=1S/C14H14ClIO4/c1-3-19-8-11(14(18)20-4-2)13(17)10-6-5-9(16)7-12(10)15/h5-8H,3-4H2,1-2H3. The topological polar surface area (TPSA) is 52.6 Å². The molecule has 1 aromatic carbocycles. The van der Waals surface area contributed by atoms with Gasteiger partial charge in [0.25, 0.3) is 0 Å². The number of halogens is 2. The quantitative estimate of drug-likeness (QED) is 0.137. The Labute approximate surface area is 136 Å². The zero-order chi connectivity index (χ0) is 15.1. The molecule has 0 aliphatic rings. The summed E-state index contributed by atoms with van der Waals surface area (Å²) in [4.78, 5) is 24.2. The van der Waals surface area contributed by atoms with Crippen LogP contribution in [-0.2, 0) is 14.3 Å². The third kappa shape index (κ3) is 4.49. The van der Waals surface area contributed by atoms with E-state index < -0.39 is 11.8 Å². The summed E-state index contributed by atoms with van der Waals surface area (Å²) < 4.78 is 10.8. The monoisotopic (exact) mass is 408 g/mol. The predicted octanol–water partition coefficient (Wildman–Crippen LogP) is 3.61. The maximum absolute atomic E-state index is 12.4. The average molecular weight is 409 g/mol. The van der Waals surface area contributed by atoms with Crippen molar-refractivity contribution in [1.29, 1.82) is 0 Å². The molecule has 0 bridgehead atoms. The van der Waals surface area contributed by atoms with E-state index in [2.05, 4.69) is 22.6 Å². The summed E-state index contributed by atoms with van der Waals surface area (Å²) in [5, 5.41) is 0.286. The first-order valence-corrected chi connectivity index (χ1v) is 7.45. The molecule has 0 fully saturated rings. The van der Waals surface area contributed by atoms with Gasteiger partial charge in [-0.2, -0.15) is 0 Å². The van der Waals surface area contributed by atoms with Crippen molar-refractivity contribution in [3.05, 3.63) is 44.2 Å². The van der Waals surface area contributed by atoms with Crippen molar-refractivity contribution in [3.8, 4) is 0 Å². The van der Waals surface area contributed by atoms with Crippen molar-refractivity contribution in [2.24, 2.45) is 0 Å². The average Bonchev–Trinajstić information content (AvgIpc) is 2.39. The highest BCUT2D eigenvalue weighted by Crippen LogP contribution is 2.22. The van der Waals surface area contributed by atoms with Crippen LogP contribution in [0.15, 0.2) is 30.0 Å². The fraction of sp³-hybridized carbons (Fsp3) is 0.286. The van der Waals surface area contributed by atoms with Crippen molar-refractivity contribution in [1.82, 2.24) is 0 Å². The van der Waals surface area contributed by atoms with Crippen molar-refractivity contribution in [3.63, 3.8) is 0 Å². The van der Waals surface area contributed by atoms with Crippen molar-refractivity contribution < 1.29 is 19.1 Å². The van der Waals surface area contributed by atoms with Crippen molar-refractivity contribution >= 4 is 45.9 Å². The lowest BCUT2D eigenvalue weighted by atomic mass is 10.0. The van der Waals surface area contributed by atoms with Gasteiger partial charge in [0, 0.05) is 9.13 Å². The van der Waals surface area contributed by atoms with Gasteiger partial charge in [0.1, 0.15) is 11.8 Å². The van der Waals surface area contributed by atoms with Gasteiger partial charge in [0.2, 0.25) is 5.78 Å². The SMILES string of the molecule is CCOC=C(C(=O)OCC)C(=O)c1ccc(I)cc1Cl. The van der Waals surface area contributed by atoms with Gasteiger partial charge in [-0.15, -0.1) is 0 Å². The first-order chi connectivity index (χ1) is 9.51. The molecular formula is C14H14ClIO4. The van der Waals surface area contributed by atoms with Crippen LogP contribution in [0.3, 0.4) is 0 Å². The van der Waals surface area contributed by atoms with Crippen LogP contribution in [0.5, 0.6) is 0 Å². The minimum atomic E-state index is -0.722. The molecule has 1 aromatic rings. The summed E-state index contributed by atoms with van der Waals surface area (Å²) in [6, 6.07) is 4.97. The molecule has 0 saturated carbocycles. The summed E-state index contributed by atoms with van der Waals surface area (Å²) in [6.07, 6.45) is 1.12. The molecule has 0 aliphatic carbocycles. The molecule has 0 aromatic heterocycles. The van der Waals surface area contributed by atoms with E-state index in [-0.39, 0.29) is 22.8 Å². The lowest BCUT2D eigenvalue weighted by Gasteiger charge is -2.08. The van der Waals surface area contributed by atoms with Crippen LogP contribution in [0.1, 0.15) is 24.2 Å². The molecule has 0 spiro atoms. The minimum Gasteiger partial charge on any atom is -0.500 e. The Bertz CT molecular complexity index is 540. The Morgan fingerprint density at radius 3 is 2.55 bits per heavy atom. The van der Waals surface area contributed by atoms with Gasteiger partial charge < -0.3 is 9.47 Å². The van der Waals surface area contributed by atoms with E-state index in [9.17, 15) is 9.59 Å². The van der Waals surface area contributed by atoms with Gasteiger partial charge in [-0.3, -0.25) is 4.79 Å². The second-order valence-electron chi connectivity index (χ2n) is 3.66. The maximum atomic E-state index is 12.4. The largest absolute Gasteiger partial charge is 0.500 e. The van der Waals surface area contributed by atoms with Crippen LogP contribution >= 0.6 is 34.2 Å². The first-order valence-electron chi connectivity index (χ1n) is 5.99. The lowest BCUT2D eigenvalue weighted by Crippen LogP contribution is -2.17. The van der Waals surface area contributed by atoms with Gasteiger partial charge in [0.15, 0.2) is 0 Å². The second-order valence-corrected chi connectivity index (χ2v) is 5.31. The minimum absolute atomic E-state index is 0.170. The zero-order valence-electron chi connectivity index (χ0n) is 11.1. The van der Waals surface area contributed by atoms with E-state index in [1.165, 1.54) is 0 Å². The molecule has 0 radical (unpaired) electrons. The lowest BCUT2D eigenvalue weighted by molar-refractivity contribution is -0.138. The summed E-state index contributed by atoms with van der Waals surface area (Å²) in [5.41, 5.74) is 0.0721. The smallest absolute Gasteiger partial charge is 0.345 e. The van der Waals surface area contributed by atoms with Gasteiger partial charge in [-0.25, -0.2) is 4.79 Å². The van der Waals surface area contributed by atoms with Crippen LogP contribution in [0.4, 0.5) is 0 Å². The maximum Gasteiger partial charge on any atom is 0.345 e. The molecule has 6 heteroatoms. The third-order valence-electron chi connectivity index (χ3n) is 2.28. The molecule has 108 valence electrons. The summed E-state index contributed by atoms with van der Waals surface area (Å²) in [5.74, 6) is -1.24. The van der Waals surface area contributed by atoms with Crippen LogP contribution < -0.4 is 0 Å². The molecule has 20 heavy (non-hydrogen) atoms. The molecule has 0 atom stereocenters. The predicted molar refractivity (Wildman–Crippen MR) is 84.8 cm³/mol. The van der Waals surface area contributed by atoms with Crippen LogP contribution in [0.25, 0.3) is 0 Å². The Balaban J connectivity index is 3.13.